The summed E-state index contributed by atoms with van der Waals surface area (Å²) >= 11 is 0. The highest BCUT2D eigenvalue weighted by molar-refractivity contribution is 7.85. The van der Waals surface area contributed by atoms with Crippen molar-refractivity contribution < 1.29 is 4.57 Å². The molecule has 8 heterocycles. The maximum absolute atomic E-state index is 15.3. The summed E-state index contributed by atoms with van der Waals surface area (Å²) in [6.07, 6.45) is 0. The van der Waals surface area contributed by atoms with Crippen LogP contribution in [-0.4, -0.2) is 53.6 Å². The maximum atomic E-state index is 15.3. The van der Waals surface area contributed by atoms with Gasteiger partial charge in [-0.25, -0.2) is 39.9 Å². The predicted molar refractivity (Wildman–Crippen MR) is 601 cm³/mol. The van der Waals surface area contributed by atoms with Crippen LogP contribution in [0.2, 0.25) is 0 Å². The molecule has 0 saturated heterocycles. The molecular weight excluding hydrogens is 1790 g/mol. The van der Waals surface area contributed by atoms with E-state index in [-0.39, 0.29) is 0 Å². The Bertz CT molecular complexity index is 9310. The lowest BCUT2D eigenvalue weighted by Gasteiger charge is -2.21. The lowest BCUT2D eigenvalue weighted by Crippen LogP contribution is -2.25. The minimum absolute atomic E-state index is 0.629. The van der Waals surface area contributed by atoms with Crippen LogP contribution in [-0.2, 0) is 4.57 Å². The van der Waals surface area contributed by atoms with Crippen LogP contribution in [0.4, 0.5) is 0 Å². The molecule has 0 unspecified atom stereocenters. The number of nitrogens with zero attached hydrogens (tertiary/aromatic N) is 11. The van der Waals surface area contributed by atoms with Crippen molar-refractivity contribution >= 4 is 143 Å². The SMILES string of the molecule is O=P(c1ccccc1)(c1ccccc1)c1cccc(-n2c3ccccc3c3c(-c4ccccc4)nc4ccccc4c32)c1.c1ccc(-c2cc(-c3ccc(-n4c5ccccc5c5c(-c6ccccc6)nc6c7ccccc7ccc6c54)cc3)nc(-c3ccccc3)n2)cc1.c1ccc(-c2nc(-c3ccccc3)nc(-c3ccc(-n4c5ccccc5c5c(-c6ccccc6)nc6c7ccccc7ccc6c54)cc3)n2)cc1. The van der Waals surface area contributed by atoms with Crippen molar-refractivity contribution in [3.05, 3.63) is 522 Å². The third-order valence-corrected chi connectivity index (χ3v) is 30.7. The van der Waals surface area contributed by atoms with Crippen LogP contribution in [0.3, 0.4) is 0 Å². The van der Waals surface area contributed by atoms with E-state index in [2.05, 4.69) is 353 Å². The van der Waals surface area contributed by atoms with Gasteiger partial charge in [0.15, 0.2) is 30.4 Å². The molecular formula is C132H86N11OP. The van der Waals surface area contributed by atoms with Crippen molar-refractivity contribution in [3.63, 3.8) is 0 Å². The van der Waals surface area contributed by atoms with Gasteiger partial charge in [0.2, 0.25) is 0 Å². The van der Waals surface area contributed by atoms with Crippen LogP contribution in [0.5, 0.6) is 0 Å². The molecule has 0 spiro atoms. The van der Waals surface area contributed by atoms with E-state index in [0.717, 1.165) is 215 Å². The van der Waals surface area contributed by atoms with Crippen LogP contribution >= 0.6 is 7.14 Å². The summed E-state index contributed by atoms with van der Waals surface area (Å²) in [4.78, 5) is 41.0. The zero-order valence-electron chi connectivity index (χ0n) is 78.4. The van der Waals surface area contributed by atoms with E-state index in [0.29, 0.717) is 23.3 Å². The van der Waals surface area contributed by atoms with Gasteiger partial charge in [-0.1, -0.05) is 443 Å². The molecule has 12 nitrogen and oxygen atoms in total. The number of benzene rings is 20. The van der Waals surface area contributed by atoms with Gasteiger partial charge >= 0.3 is 0 Å². The smallest absolute Gasteiger partial charge is 0.171 e. The van der Waals surface area contributed by atoms with Gasteiger partial charge in [0.25, 0.3) is 0 Å². The van der Waals surface area contributed by atoms with Crippen molar-refractivity contribution in [1.29, 1.82) is 0 Å². The molecule has 0 amide bonds. The Kier molecular flexibility index (Phi) is 21.9. The predicted octanol–water partition coefficient (Wildman–Crippen LogP) is 31.9. The molecule has 8 aromatic heterocycles. The van der Waals surface area contributed by atoms with Gasteiger partial charge in [0.05, 0.1) is 78.1 Å². The highest BCUT2D eigenvalue weighted by Crippen LogP contribution is 2.49. The average Bonchev–Trinajstić information content (AvgIpc) is 1.57. The van der Waals surface area contributed by atoms with Crippen LogP contribution in [0, 0.1) is 0 Å². The topological polar surface area (TPSA) is 135 Å². The number of hydrogen-bond donors (Lipinski definition) is 0. The largest absolute Gasteiger partial charge is 0.309 e. The second kappa shape index (κ2) is 36.9. The first-order valence-electron chi connectivity index (χ1n) is 48.7. The van der Waals surface area contributed by atoms with E-state index in [1.165, 1.54) is 16.2 Å². The quantitative estimate of drug-likeness (QED) is 0.0726. The molecule has 0 saturated carbocycles. The van der Waals surface area contributed by atoms with Crippen molar-refractivity contribution in [2.75, 3.05) is 0 Å². The minimum Gasteiger partial charge on any atom is -0.309 e. The summed E-state index contributed by atoms with van der Waals surface area (Å²) in [5.74, 6) is 2.62. The molecule has 0 N–H and O–H groups in total. The normalized spacial score (nSPS) is 11.6. The summed E-state index contributed by atoms with van der Waals surface area (Å²) in [6, 6.07) is 180. The molecule has 20 aromatic carbocycles. The molecule has 0 atom stereocenters. The van der Waals surface area contributed by atoms with Crippen LogP contribution in [0.1, 0.15) is 0 Å². The summed E-state index contributed by atoms with van der Waals surface area (Å²) in [6.45, 7) is 0. The molecule has 28 aromatic rings. The van der Waals surface area contributed by atoms with Gasteiger partial charge in [-0.05, 0) is 89.6 Å². The fourth-order valence-corrected chi connectivity index (χ4v) is 23.6. The van der Waals surface area contributed by atoms with E-state index in [1.807, 2.05) is 182 Å². The second-order valence-electron chi connectivity index (χ2n) is 36.2. The molecule has 0 aliphatic heterocycles. The number of hydrogen-bond acceptors (Lipinski definition) is 9. The highest BCUT2D eigenvalue weighted by Gasteiger charge is 2.32. The molecule has 0 aliphatic rings. The first kappa shape index (κ1) is 86.2. The number of fused-ring (bicyclic) bond motifs is 19. The summed E-state index contributed by atoms with van der Waals surface area (Å²) < 4.78 is 22.4. The third kappa shape index (κ3) is 15.5. The summed E-state index contributed by atoms with van der Waals surface area (Å²) in [7, 11) is -3.16. The van der Waals surface area contributed by atoms with Gasteiger partial charge in [-0.2, -0.15) is 0 Å². The Hall–Kier alpha value is -19.1. The third-order valence-electron chi connectivity index (χ3n) is 27.6. The average molecular weight is 1870 g/mol. The van der Waals surface area contributed by atoms with Gasteiger partial charge < -0.3 is 18.3 Å². The second-order valence-corrected chi connectivity index (χ2v) is 39.0. The maximum Gasteiger partial charge on any atom is 0.171 e. The van der Waals surface area contributed by atoms with Gasteiger partial charge in [0.1, 0.15) is 0 Å². The summed E-state index contributed by atoms with van der Waals surface area (Å²) in [5.41, 5.74) is 26.6. The van der Waals surface area contributed by atoms with Crippen molar-refractivity contribution in [1.82, 2.24) is 53.6 Å². The van der Waals surface area contributed by atoms with Crippen LogP contribution in [0.15, 0.2) is 522 Å². The Balaban J connectivity index is 0.000000111. The van der Waals surface area contributed by atoms with E-state index in [4.69, 9.17) is 39.9 Å². The molecule has 0 aliphatic carbocycles. The number of pyridine rings is 3. The first-order chi connectivity index (χ1) is 71.8. The molecule has 0 fully saturated rings. The van der Waals surface area contributed by atoms with E-state index in [9.17, 15) is 0 Å². The van der Waals surface area contributed by atoms with Gasteiger partial charge in [-0.15, -0.1) is 0 Å². The summed E-state index contributed by atoms with van der Waals surface area (Å²) in [5, 5.41) is 17.3. The fourth-order valence-electron chi connectivity index (χ4n) is 20.9. The molecule has 0 radical (unpaired) electrons. The van der Waals surface area contributed by atoms with Gasteiger partial charge in [-0.3, -0.25) is 0 Å². The van der Waals surface area contributed by atoms with Gasteiger partial charge in [0, 0.05) is 142 Å². The van der Waals surface area contributed by atoms with Crippen molar-refractivity contribution in [3.8, 4) is 119 Å². The van der Waals surface area contributed by atoms with E-state index in [1.54, 1.807) is 0 Å². The van der Waals surface area contributed by atoms with Crippen LogP contribution in [0.25, 0.3) is 239 Å². The standard InChI is InChI=1S/C47H30N4.C46H29N5.C39H27N2OP/c1-4-15-32(16-5-1)40-30-41(49-47(48-40)35-19-8-3-9-20-35)33-24-27-36(28-25-33)51-42-23-13-12-22-38(42)43-44(34-17-6-2-7-18-34)50-45-37-21-11-10-14-31(37)26-29-39(45)46(43)51;1-4-15-31(16-5-1)41-40-37-22-12-13-23-39(37)51(43(40)38-29-26-30-14-10-11-21-36(30)42(38)47-41)35-27-24-34(25-28-35)46-49-44(32-17-6-2-7-18-32)48-45(50-46)33-19-8-3-9-20-33;42-43(30-18-6-2-7-19-30,31-20-8-3-9-21-31)32-22-14-17-29(27-32)41-36-26-13-11-24-34(36)37-38(28-15-4-1-5-16-28)40-35-25-12-10-23-33(35)39(37)41/h1-30H;1-29H;1-27H. The van der Waals surface area contributed by atoms with Crippen molar-refractivity contribution in [2.24, 2.45) is 0 Å². The number of aromatic nitrogens is 11. The Morgan fingerprint density at radius 2 is 0.469 bits per heavy atom. The lowest BCUT2D eigenvalue weighted by atomic mass is 10.00. The zero-order valence-corrected chi connectivity index (χ0v) is 79.3. The number of para-hydroxylation sites is 4. The highest BCUT2D eigenvalue weighted by atomic mass is 31.2. The van der Waals surface area contributed by atoms with Crippen molar-refractivity contribution in [2.45, 2.75) is 0 Å². The Labute approximate surface area is 835 Å². The first-order valence-corrected chi connectivity index (χ1v) is 50.4. The van der Waals surface area contributed by atoms with Crippen LogP contribution < -0.4 is 15.9 Å². The Morgan fingerprint density at radius 3 is 0.876 bits per heavy atom. The monoisotopic (exact) mass is 1870 g/mol. The molecule has 680 valence electrons. The molecule has 145 heavy (non-hydrogen) atoms. The molecule has 28 rings (SSSR count). The molecule has 0 bridgehead atoms. The molecule has 13 heteroatoms. The number of rotatable bonds is 15. The fraction of sp³-hybridized carbons (Fsp3) is 0. The minimum atomic E-state index is -3.16. The van der Waals surface area contributed by atoms with E-state index >= 15 is 4.57 Å². The van der Waals surface area contributed by atoms with E-state index < -0.39 is 7.14 Å². The zero-order chi connectivity index (χ0) is 96.3. The Morgan fingerprint density at radius 1 is 0.179 bits per heavy atom. The lowest BCUT2D eigenvalue weighted by molar-refractivity contribution is 0.592.